The van der Waals surface area contributed by atoms with Crippen molar-refractivity contribution < 1.29 is 8.42 Å². The highest BCUT2D eigenvalue weighted by atomic mass is 32.2. The van der Waals surface area contributed by atoms with E-state index < -0.39 is 10.2 Å². The van der Waals surface area contributed by atoms with Crippen LogP contribution >= 0.6 is 0 Å². The summed E-state index contributed by atoms with van der Waals surface area (Å²) < 4.78 is 28.9. The zero-order valence-electron chi connectivity index (χ0n) is 10.8. The summed E-state index contributed by atoms with van der Waals surface area (Å²) in [6, 6.07) is -0.00147. The Hall–Kier alpha value is -0.170. The number of nitrogens with two attached hydrogens (primary N) is 1. The molecular weight excluding hydrogens is 238 g/mol. The standard InChI is InChI=1S/C11H25N3O2S/c1-9(2)8-13-17(15,16)14-11-6-4-3-5-10(11)7-12/h9-11,13-14H,3-8,12H2,1-2H3. The highest BCUT2D eigenvalue weighted by molar-refractivity contribution is 7.87. The third-order valence-electron chi connectivity index (χ3n) is 3.20. The maximum atomic E-state index is 11.8. The summed E-state index contributed by atoms with van der Waals surface area (Å²) in [5.74, 6) is 0.586. The van der Waals surface area contributed by atoms with Crippen LogP contribution in [0.15, 0.2) is 0 Å². The first-order chi connectivity index (χ1) is 7.94. The molecule has 0 radical (unpaired) electrons. The SMILES string of the molecule is CC(C)CNS(=O)(=O)NC1CCCCC1CN. The van der Waals surface area contributed by atoms with Crippen molar-refractivity contribution in [2.45, 2.75) is 45.6 Å². The molecule has 5 nitrogen and oxygen atoms in total. The Morgan fingerprint density at radius 1 is 1.29 bits per heavy atom. The van der Waals surface area contributed by atoms with Gasteiger partial charge in [-0.2, -0.15) is 13.1 Å². The molecule has 2 unspecified atom stereocenters. The number of hydrogen-bond donors (Lipinski definition) is 3. The molecule has 1 aliphatic rings. The molecule has 0 amide bonds. The van der Waals surface area contributed by atoms with Crippen molar-refractivity contribution in [3.05, 3.63) is 0 Å². The van der Waals surface area contributed by atoms with Crippen molar-refractivity contribution in [2.75, 3.05) is 13.1 Å². The van der Waals surface area contributed by atoms with Crippen LogP contribution in [0.3, 0.4) is 0 Å². The van der Waals surface area contributed by atoms with Gasteiger partial charge in [0, 0.05) is 12.6 Å². The van der Waals surface area contributed by atoms with Gasteiger partial charge >= 0.3 is 0 Å². The predicted octanol–water partition coefficient (Wildman–Crippen LogP) is 0.584. The minimum absolute atomic E-state index is 0.00147. The lowest BCUT2D eigenvalue weighted by Gasteiger charge is -2.31. The Balaban J connectivity index is 2.50. The first kappa shape index (κ1) is 14.9. The van der Waals surface area contributed by atoms with Crippen LogP contribution in [0.4, 0.5) is 0 Å². The van der Waals surface area contributed by atoms with Gasteiger partial charge in [-0.05, 0) is 31.2 Å². The highest BCUT2D eigenvalue weighted by Crippen LogP contribution is 2.23. The molecule has 0 aromatic carbocycles. The Bertz CT molecular complexity index is 317. The average molecular weight is 263 g/mol. The van der Waals surface area contributed by atoms with Crippen LogP contribution in [-0.4, -0.2) is 27.5 Å². The molecule has 6 heteroatoms. The lowest BCUT2D eigenvalue weighted by Crippen LogP contribution is -2.49. The summed E-state index contributed by atoms with van der Waals surface area (Å²) in [6.45, 7) is 4.98. The number of rotatable bonds is 6. The molecule has 0 heterocycles. The average Bonchev–Trinajstić information content (AvgIpc) is 2.27. The molecule has 4 N–H and O–H groups in total. The molecule has 1 fully saturated rings. The molecular formula is C11H25N3O2S. The zero-order valence-corrected chi connectivity index (χ0v) is 11.6. The van der Waals surface area contributed by atoms with Crippen LogP contribution in [0.1, 0.15) is 39.5 Å². The van der Waals surface area contributed by atoms with E-state index in [1.165, 1.54) is 0 Å². The molecule has 0 aromatic heterocycles. The predicted molar refractivity (Wildman–Crippen MR) is 69.7 cm³/mol. The Kier molecular flexibility index (Phi) is 5.85. The maximum Gasteiger partial charge on any atom is 0.277 e. The Labute approximate surface area is 105 Å². The largest absolute Gasteiger partial charge is 0.330 e. The van der Waals surface area contributed by atoms with E-state index >= 15 is 0 Å². The van der Waals surface area contributed by atoms with E-state index in [4.69, 9.17) is 5.73 Å². The molecule has 0 bridgehead atoms. The molecule has 1 rings (SSSR count). The maximum absolute atomic E-state index is 11.8. The van der Waals surface area contributed by atoms with Gasteiger partial charge in [-0.3, -0.25) is 0 Å². The van der Waals surface area contributed by atoms with E-state index in [0.717, 1.165) is 25.7 Å². The molecule has 17 heavy (non-hydrogen) atoms. The molecule has 0 saturated heterocycles. The van der Waals surface area contributed by atoms with Gasteiger partial charge in [0.15, 0.2) is 0 Å². The van der Waals surface area contributed by atoms with Gasteiger partial charge in [-0.25, -0.2) is 4.72 Å². The number of hydrogen-bond acceptors (Lipinski definition) is 3. The third-order valence-corrected chi connectivity index (χ3v) is 4.36. The summed E-state index contributed by atoms with van der Waals surface area (Å²) in [5.41, 5.74) is 5.68. The van der Waals surface area contributed by atoms with Gasteiger partial charge in [0.25, 0.3) is 10.2 Å². The van der Waals surface area contributed by atoms with E-state index in [0.29, 0.717) is 19.0 Å². The fraction of sp³-hybridized carbons (Fsp3) is 1.00. The summed E-state index contributed by atoms with van der Waals surface area (Å²) in [6.07, 6.45) is 4.14. The Morgan fingerprint density at radius 3 is 2.53 bits per heavy atom. The summed E-state index contributed by atoms with van der Waals surface area (Å²) in [7, 11) is -3.37. The Morgan fingerprint density at radius 2 is 1.94 bits per heavy atom. The smallest absolute Gasteiger partial charge is 0.277 e. The van der Waals surface area contributed by atoms with E-state index in [9.17, 15) is 8.42 Å². The van der Waals surface area contributed by atoms with E-state index in [2.05, 4.69) is 9.44 Å². The van der Waals surface area contributed by atoms with Crippen LogP contribution in [0.5, 0.6) is 0 Å². The monoisotopic (exact) mass is 263 g/mol. The van der Waals surface area contributed by atoms with Gasteiger partial charge in [-0.1, -0.05) is 26.7 Å². The second kappa shape index (κ2) is 6.68. The normalized spacial score (nSPS) is 26.4. The van der Waals surface area contributed by atoms with E-state index in [-0.39, 0.29) is 12.0 Å². The van der Waals surface area contributed by atoms with Crippen LogP contribution in [-0.2, 0) is 10.2 Å². The molecule has 0 aliphatic heterocycles. The van der Waals surface area contributed by atoms with Crippen molar-refractivity contribution in [1.82, 2.24) is 9.44 Å². The van der Waals surface area contributed by atoms with Crippen molar-refractivity contribution >= 4 is 10.2 Å². The summed E-state index contributed by atoms with van der Waals surface area (Å²) >= 11 is 0. The van der Waals surface area contributed by atoms with Gasteiger partial charge < -0.3 is 5.73 Å². The van der Waals surface area contributed by atoms with Crippen LogP contribution in [0, 0.1) is 11.8 Å². The minimum atomic E-state index is -3.37. The topological polar surface area (TPSA) is 84.2 Å². The van der Waals surface area contributed by atoms with Crippen molar-refractivity contribution in [1.29, 1.82) is 0 Å². The summed E-state index contributed by atoms with van der Waals surface area (Å²) in [5, 5.41) is 0. The van der Waals surface area contributed by atoms with Gasteiger partial charge in [-0.15, -0.1) is 0 Å². The first-order valence-corrected chi connectivity index (χ1v) is 7.90. The van der Waals surface area contributed by atoms with Crippen LogP contribution in [0.25, 0.3) is 0 Å². The summed E-state index contributed by atoms with van der Waals surface area (Å²) in [4.78, 5) is 0. The van der Waals surface area contributed by atoms with Crippen molar-refractivity contribution in [3.63, 3.8) is 0 Å². The second-order valence-corrected chi connectivity index (χ2v) is 6.78. The molecule has 0 aromatic rings. The van der Waals surface area contributed by atoms with Gasteiger partial charge in [0.1, 0.15) is 0 Å². The lowest BCUT2D eigenvalue weighted by molar-refractivity contribution is 0.295. The lowest BCUT2D eigenvalue weighted by atomic mass is 9.85. The van der Waals surface area contributed by atoms with Gasteiger partial charge in [0.05, 0.1) is 0 Å². The fourth-order valence-electron chi connectivity index (χ4n) is 2.16. The van der Waals surface area contributed by atoms with Gasteiger partial charge in [0.2, 0.25) is 0 Å². The molecule has 1 aliphatic carbocycles. The molecule has 0 spiro atoms. The highest BCUT2D eigenvalue weighted by Gasteiger charge is 2.27. The zero-order chi connectivity index (χ0) is 12.9. The molecule has 2 atom stereocenters. The van der Waals surface area contributed by atoms with E-state index in [1.54, 1.807) is 0 Å². The fourth-order valence-corrected chi connectivity index (χ4v) is 3.51. The third kappa shape index (κ3) is 5.33. The van der Waals surface area contributed by atoms with E-state index in [1.807, 2.05) is 13.8 Å². The van der Waals surface area contributed by atoms with Crippen LogP contribution < -0.4 is 15.2 Å². The number of nitrogens with one attached hydrogen (secondary N) is 2. The van der Waals surface area contributed by atoms with Crippen molar-refractivity contribution in [2.24, 2.45) is 17.6 Å². The second-order valence-electron chi connectivity index (χ2n) is 5.25. The minimum Gasteiger partial charge on any atom is -0.330 e. The quantitative estimate of drug-likeness (QED) is 0.655. The van der Waals surface area contributed by atoms with Crippen LogP contribution in [0.2, 0.25) is 0 Å². The molecule has 1 saturated carbocycles. The van der Waals surface area contributed by atoms with Crippen molar-refractivity contribution in [3.8, 4) is 0 Å². The molecule has 102 valence electrons. The first-order valence-electron chi connectivity index (χ1n) is 6.41.